The summed E-state index contributed by atoms with van der Waals surface area (Å²) in [5.74, 6) is 0.696. The Morgan fingerprint density at radius 1 is 0.654 bits per heavy atom. The van der Waals surface area contributed by atoms with Crippen LogP contribution < -0.4 is 9.64 Å². The molecule has 4 heteroatoms. The standard InChI is InChI=1S/C22H15NO3/c24-21-14-15-22(25)23(21)17-10-12-18(13-11-17)26-20-9-5-4-8-19(20)16-6-2-1-3-7-16/h1-15H. The lowest BCUT2D eigenvalue weighted by molar-refractivity contribution is -0.119. The van der Waals surface area contributed by atoms with Gasteiger partial charge in [0.15, 0.2) is 0 Å². The number of amides is 2. The number of carbonyl (C=O) groups excluding carboxylic acids is 2. The Bertz CT molecular complexity index is 973. The molecule has 0 spiro atoms. The molecule has 0 aliphatic carbocycles. The number of carbonyl (C=O) groups is 2. The summed E-state index contributed by atoms with van der Waals surface area (Å²) >= 11 is 0. The van der Waals surface area contributed by atoms with Gasteiger partial charge < -0.3 is 4.74 Å². The van der Waals surface area contributed by atoms with E-state index in [1.54, 1.807) is 24.3 Å². The van der Waals surface area contributed by atoms with E-state index in [-0.39, 0.29) is 11.8 Å². The molecule has 3 aromatic carbocycles. The zero-order valence-corrected chi connectivity index (χ0v) is 13.8. The molecule has 0 aromatic heterocycles. The van der Waals surface area contributed by atoms with Crippen LogP contribution in [-0.4, -0.2) is 11.8 Å². The van der Waals surface area contributed by atoms with E-state index >= 15 is 0 Å². The quantitative estimate of drug-likeness (QED) is 0.653. The molecule has 4 nitrogen and oxygen atoms in total. The van der Waals surface area contributed by atoms with Crippen molar-refractivity contribution < 1.29 is 14.3 Å². The summed E-state index contributed by atoms with van der Waals surface area (Å²) < 4.78 is 6.03. The number of anilines is 1. The van der Waals surface area contributed by atoms with E-state index in [0.717, 1.165) is 21.8 Å². The summed E-state index contributed by atoms with van der Waals surface area (Å²) in [6.07, 6.45) is 2.53. The molecule has 1 heterocycles. The Morgan fingerprint density at radius 2 is 1.27 bits per heavy atom. The van der Waals surface area contributed by atoms with E-state index in [2.05, 4.69) is 0 Å². The van der Waals surface area contributed by atoms with E-state index in [1.165, 1.54) is 12.2 Å². The number of benzene rings is 3. The third kappa shape index (κ3) is 3.00. The molecule has 0 unspecified atom stereocenters. The average Bonchev–Trinajstić information content (AvgIpc) is 3.02. The highest BCUT2D eigenvalue weighted by atomic mass is 16.5. The molecule has 26 heavy (non-hydrogen) atoms. The molecule has 0 radical (unpaired) electrons. The molecule has 3 aromatic rings. The predicted molar refractivity (Wildman–Crippen MR) is 100 cm³/mol. The van der Waals surface area contributed by atoms with Gasteiger partial charge in [0.05, 0.1) is 5.69 Å². The highest BCUT2D eigenvalue weighted by Gasteiger charge is 2.24. The van der Waals surface area contributed by atoms with Gasteiger partial charge in [0.25, 0.3) is 11.8 Å². The second kappa shape index (κ2) is 6.69. The van der Waals surface area contributed by atoms with Crippen molar-refractivity contribution >= 4 is 17.5 Å². The van der Waals surface area contributed by atoms with Crippen LogP contribution in [0.15, 0.2) is 91.0 Å². The van der Waals surface area contributed by atoms with Crippen molar-refractivity contribution in [3.8, 4) is 22.6 Å². The zero-order chi connectivity index (χ0) is 17.9. The second-order valence-corrected chi connectivity index (χ2v) is 5.80. The Kier molecular flexibility index (Phi) is 4.07. The van der Waals surface area contributed by atoms with E-state index in [4.69, 9.17) is 4.74 Å². The van der Waals surface area contributed by atoms with Crippen LogP contribution >= 0.6 is 0 Å². The minimum atomic E-state index is -0.335. The lowest BCUT2D eigenvalue weighted by atomic mass is 10.0. The van der Waals surface area contributed by atoms with Crippen LogP contribution in [0, 0.1) is 0 Å². The topological polar surface area (TPSA) is 46.6 Å². The zero-order valence-electron chi connectivity index (χ0n) is 13.8. The Hall–Kier alpha value is -3.66. The molecular weight excluding hydrogens is 326 g/mol. The normalized spacial score (nSPS) is 13.3. The molecule has 0 atom stereocenters. The van der Waals surface area contributed by atoms with Crippen molar-refractivity contribution in [3.05, 3.63) is 91.0 Å². The van der Waals surface area contributed by atoms with Crippen LogP contribution in [0.3, 0.4) is 0 Å². The fourth-order valence-electron chi connectivity index (χ4n) is 2.86. The maximum Gasteiger partial charge on any atom is 0.258 e. The van der Waals surface area contributed by atoms with Gasteiger partial charge in [0.2, 0.25) is 0 Å². The maximum atomic E-state index is 11.7. The summed E-state index contributed by atoms with van der Waals surface area (Å²) in [7, 11) is 0. The van der Waals surface area contributed by atoms with Crippen molar-refractivity contribution in [3.63, 3.8) is 0 Å². The van der Waals surface area contributed by atoms with Gasteiger partial charge in [-0.2, -0.15) is 0 Å². The van der Waals surface area contributed by atoms with E-state index in [9.17, 15) is 9.59 Å². The highest BCUT2D eigenvalue weighted by Crippen LogP contribution is 2.33. The highest BCUT2D eigenvalue weighted by molar-refractivity contribution is 6.28. The summed E-state index contributed by atoms with van der Waals surface area (Å²) in [6, 6.07) is 24.7. The monoisotopic (exact) mass is 341 g/mol. The van der Waals surface area contributed by atoms with Crippen molar-refractivity contribution in [2.24, 2.45) is 0 Å². The molecule has 126 valence electrons. The molecule has 4 rings (SSSR count). The predicted octanol–water partition coefficient (Wildman–Crippen LogP) is 4.58. The third-order valence-corrected chi connectivity index (χ3v) is 4.10. The minimum Gasteiger partial charge on any atom is -0.457 e. The first-order valence-corrected chi connectivity index (χ1v) is 8.21. The van der Waals surface area contributed by atoms with Gasteiger partial charge in [-0.3, -0.25) is 9.59 Å². The molecular formula is C22H15NO3. The number of hydrogen-bond acceptors (Lipinski definition) is 3. The Morgan fingerprint density at radius 3 is 1.96 bits per heavy atom. The SMILES string of the molecule is O=C1C=CC(=O)N1c1ccc(Oc2ccccc2-c2ccccc2)cc1. The van der Waals surface area contributed by atoms with Crippen molar-refractivity contribution in [1.29, 1.82) is 0 Å². The van der Waals surface area contributed by atoms with Gasteiger partial charge in [-0.15, -0.1) is 0 Å². The van der Waals surface area contributed by atoms with Crippen LogP contribution in [0.4, 0.5) is 5.69 Å². The Labute approximate surface area is 151 Å². The summed E-state index contributed by atoms with van der Waals surface area (Å²) in [5.41, 5.74) is 2.58. The minimum absolute atomic E-state index is 0.335. The third-order valence-electron chi connectivity index (χ3n) is 4.10. The summed E-state index contributed by atoms with van der Waals surface area (Å²) in [6.45, 7) is 0. The van der Waals surface area contributed by atoms with Crippen molar-refractivity contribution in [2.45, 2.75) is 0 Å². The van der Waals surface area contributed by atoms with Gasteiger partial charge in [-0.1, -0.05) is 48.5 Å². The lowest BCUT2D eigenvalue weighted by Crippen LogP contribution is -2.29. The second-order valence-electron chi connectivity index (χ2n) is 5.80. The Balaban J connectivity index is 1.59. The van der Waals surface area contributed by atoms with Crippen LogP contribution in [0.1, 0.15) is 0 Å². The number of imide groups is 1. The molecule has 0 bridgehead atoms. The lowest BCUT2D eigenvalue weighted by Gasteiger charge is -2.15. The van der Waals surface area contributed by atoms with Crippen molar-refractivity contribution in [1.82, 2.24) is 0 Å². The first kappa shape index (κ1) is 15.8. The fraction of sp³-hybridized carbons (Fsp3) is 0. The molecule has 2 amide bonds. The van der Waals surface area contributed by atoms with Crippen LogP contribution in [0.5, 0.6) is 11.5 Å². The molecule has 1 aliphatic heterocycles. The van der Waals surface area contributed by atoms with Crippen LogP contribution in [-0.2, 0) is 9.59 Å². The van der Waals surface area contributed by atoms with E-state index in [0.29, 0.717) is 11.4 Å². The number of para-hydroxylation sites is 1. The number of hydrogen-bond donors (Lipinski definition) is 0. The molecule has 0 saturated heterocycles. The smallest absolute Gasteiger partial charge is 0.258 e. The van der Waals surface area contributed by atoms with Crippen LogP contribution in [0.25, 0.3) is 11.1 Å². The molecule has 0 fully saturated rings. The van der Waals surface area contributed by atoms with Gasteiger partial charge >= 0.3 is 0 Å². The average molecular weight is 341 g/mol. The van der Waals surface area contributed by atoms with Crippen molar-refractivity contribution in [2.75, 3.05) is 4.90 Å². The molecule has 1 aliphatic rings. The molecule has 0 N–H and O–H groups in total. The summed E-state index contributed by atoms with van der Waals surface area (Å²) in [4.78, 5) is 24.6. The van der Waals surface area contributed by atoms with Gasteiger partial charge in [0.1, 0.15) is 11.5 Å². The first-order valence-electron chi connectivity index (χ1n) is 8.21. The van der Waals surface area contributed by atoms with E-state index in [1.807, 2.05) is 54.6 Å². The van der Waals surface area contributed by atoms with Gasteiger partial charge in [-0.25, -0.2) is 4.90 Å². The number of nitrogens with zero attached hydrogens (tertiary/aromatic N) is 1. The van der Waals surface area contributed by atoms with Crippen LogP contribution in [0.2, 0.25) is 0 Å². The van der Waals surface area contributed by atoms with Gasteiger partial charge in [-0.05, 0) is 35.9 Å². The largest absolute Gasteiger partial charge is 0.457 e. The fourth-order valence-corrected chi connectivity index (χ4v) is 2.86. The maximum absolute atomic E-state index is 11.7. The summed E-state index contributed by atoms with van der Waals surface area (Å²) in [5, 5.41) is 0. The number of rotatable bonds is 4. The van der Waals surface area contributed by atoms with Gasteiger partial charge in [0, 0.05) is 17.7 Å². The first-order chi connectivity index (χ1) is 12.7. The van der Waals surface area contributed by atoms with E-state index < -0.39 is 0 Å². The number of ether oxygens (including phenoxy) is 1. The molecule has 0 saturated carbocycles.